The van der Waals surface area contributed by atoms with Gasteiger partial charge in [0, 0.05) is 18.1 Å². The molecule has 0 saturated heterocycles. The molecule has 8 heteroatoms. The number of rotatable bonds is 7. The molecule has 1 aromatic carbocycles. The summed E-state index contributed by atoms with van der Waals surface area (Å²) >= 11 is 8.26. The number of halogens is 2. The molecule has 0 saturated carbocycles. The van der Waals surface area contributed by atoms with Crippen LogP contribution in [0.2, 0.25) is 5.02 Å². The molecule has 1 amide bonds. The van der Waals surface area contributed by atoms with Crippen LogP contribution in [0.4, 0.5) is 0 Å². The predicted octanol–water partition coefficient (Wildman–Crippen LogP) is 3.19. The van der Waals surface area contributed by atoms with Crippen molar-refractivity contribution in [1.82, 2.24) is 10.3 Å². The summed E-state index contributed by atoms with van der Waals surface area (Å²) in [5.74, 6) is -0.178. The summed E-state index contributed by atoms with van der Waals surface area (Å²) in [6.45, 7) is 3.85. The Labute approximate surface area is 164 Å². The lowest BCUT2D eigenvalue weighted by atomic mass is 10.2. The number of carbonyl (C=O) groups excluding carboxylic acids is 2. The fourth-order valence-electron chi connectivity index (χ4n) is 1.97. The van der Waals surface area contributed by atoms with E-state index in [1.807, 2.05) is 19.9 Å². The van der Waals surface area contributed by atoms with Crippen LogP contribution < -0.4 is 10.1 Å². The van der Waals surface area contributed by atoms with Crippen molar-refractivity contribution in [2.45, 2.75) is 13.8 Å². The lowest BCUT2D eigenvalue weighted by Gasteiger charge is -2.12. The van der Waals surface area contributed by atoms with E-state index in [1.54, 1.807) is 18.3 Å². The molecule has 6 nitrogen and oxygen atoms in total. The number of aromatic nitrogens is 1. The highest BCUT2D eigenvalue weighted by molar-refractivity contribution is 14.1. The van der Waals surface area contributed by atoms with Crippen molar-refractivity contribution in [2.24, 2.45) is 5.92 Å². The van der Waals surface area contributed by atoms with E-state index in [4.69, 9.17) is 21.1 Å². The van der Waals surface area contributed by atoms with Gasteiger partial charge < -0.3 is 14.8 Å². The van der Waals surface area contributed by atoms with Crippen molar-refractivity contribution >= 4 is 57.0 Å². The Morgan fingerprint density at radius 2 is 2.12 bits per heavy atom. The average Bonchev–Trinajstić information content (AvgIpc) is 2.58. The normalized spacial score (nSPS) is 10.8. The molecule has 1 heterocycles. The Balaban J connectivity index is 1.94. The monoisotopic (exact) mass is 476 g/mol. The third-order valence-electron chi connectivity index (χ3n) is 3.16. The molecule has 2 rings (SSSR count). The largest absolute Gasteiger partial charge is 0.478 e. The fraction of sp³-hybridized carbons (Fsp3) is 0.353. The summed E-state index contributed by atoms with van der Waals surface area (Å²) in [5.41, 5.74) is 0.571. The van der Waals surface area contributed by atoms with Crippen molar-refractivity contribution in [1.29, 1.82) is 0 Å². The second-order valence-electron chi connectivity index (χ2n) is 5.72. The van der Waals surface area contributed by atoms with Gasteiger partial charge in [0.2, 0.25) is 0 Å². The zero-order chi connectivity index (χ0) is 18.4. The Kier molecular flexibility index (Phi) is 7.24. The van der Waals surface area contributed by atoms with Crippen LogP contribution in [0.15, 0.2) is 24.4 Å². The van der Waals surface area contributed by atoms with Gasteiger partial charge in [0.1, 0.15) is 5.52 Å². The zero-order valence-electron chi connectivity index (χ0n) is 13.8. The number of ether oxygens (including phenoxy) is 2. The number of benzene rings is 1. The van der Waals surface area contributed by atoms with Crippen LogP contribution in [0.25, 0.3) is 10.9 Å². The Bertz CT molecular complexity index is 783. The van der Waals surface area contributed by atoms with Gasteiger partial charge in [-0.25, -0.2) is 4.79 Å². The maximum Gasteiger partial charge on any atom is 0.344 e. The molecule has 0 atom stereocenters. The van der Waals surface area contributed by atoms with Crippen LogP contribution in [-0.4, -0.2) is 36.6 Å². The summed E-state index contributed by atoms with van der Waals surface area (Å²) in [5, 5.41) is 3.96. The predicted molar refractivity (Wildman–Crippen MR) is 104 cm³/mol. The van der Waals surface area contributed by atoms with Crippen molar-refractivity contribution in [3.8, 4) is 5.75 Å². The quantitative estimate of drug-likeness (QED) is 0.491. The SMILES string of the molecule is CC(C)CNC(=O)COC(=O)COc1c(I)cc(Cl)c2cccnc12. The minimum Gasteiger partial charge on any atom is -0.478 e. The average molecular weight is 477 g/mol. The van der Waals surface area contributed by atoms with Crippen molar-refractivity contribution in [2.75, 3.05) is 19.8 Å². The molecule has 1 aromatic heterocycles. The third kappa shape index (κ3) is 5.71. The summed E-state index contributed by atoms with van der Waals surface area (Å²) < 4.78 is 11.2. The van der Waals surface area contributed by atoms with Gasteiger partial charge in [-0.1, -0.05) is 25.4 Å². The topological polar surface area (TPSA) is 77.5 Å². The summed E-state index contributed by atoms with van der Waals surface area (Å²) in [6, 6.07) is 5.34. The first-order valence-electron chi connectivity index (χ1n) is 7.66. The highest BCUT2D eigenvalue weighted by Gasteiger charge is 2.15. The molecule has 0 bridgehead atoms. The van der Waals surface area contributed by atoms with Gasteiger partial charge in [-0.15, -0.1) is 0 Å². The van der Waals surface area contributed by atoms with Crippen LogP contribution in [-0.2, 0) is 14.3 Å². The summed E-state index contributed by atoms with van der Waals surface area (Å²) in [6.07, 6.45) is 1.62. The van der Waals surface area contributed by atoms with Gasteiger partial charge in [-0.2, -0.15) is 0 Å². The van der Waals surface area contributed by atoms with E-state index in [0.29, 0.717) is 28.8 Å². The first-order chi connectivity index (χ1) is 11.9. The standard InChI is InChI=1S/C17H18ClIN2O4/c1-10(2)7-21-14(22)8-24-15(23)9-25-17-13(19)6-12(18)11-4-3-5-20-16(11)17/h3-6,10H,7-9H2,1-2H3,(H,21,22). The van der Waals surface area contributed by atoms with Gasteiger partial charge in [0.15, 0.2) is 19.0 Å². The number of esters is 1. The maximum atomic E-state index is 11.8. The van der Waals surface area contributed by atoms with Crippen LogP contribution in [0.5, 0.6) is 5.75 Å². The molecule has 134 valence electrons. The molecule has 2 aromatic rings. The molecule has 0 fully saturated rings. The van der Waals surface area contributed by atoms with Gasteiger partial charge >= 0.3 is 5.97 Å². The fourth-order valence-corrected chi connectivity index (χ4v) is 3.14. The smallest absolute Gasteiger partial charge is 0.344 e. The molecular weight excluding hydrogens is 459 g/mol. The number of fused-ring (bicyclic) bond motifs is 1. The van der Waals surface area contributed by atoms with E-state index >= 15 is 0 Å². The third-order valence-corrected chi connectivity index (χ3v) is 4.27. The number of pyridine rings is 1. The van der Waals surface area contributed by atoms with Gasteiger partial charge in [0.05, 0.1) is 8.59 Å². The molecule has 0 aliphatic carbocycles. The van der Waals surface area contributed by atoms with Gasteiger partial charge in [-0.3, -0.25) is 9.78 Å². The number of carbonyl (C=O) groups is 2. The van der Waals surface area contributed by atoms with Crippen LogP contribution >= 0.6 is 34.2 Å². The van der Waals surface area contributed by atoms with Crippen molar-refractivity contribution < 1.29 is 19.1 Å². The molecule has 0 spiro atoms. The second-order valence-corrected chi connectivity index (χ2v) is 7.29. The molecule has 0 aliphatic rings. The van der Waals surface area contributed by atoms with E-state index < -0.39 is 5.97 Å². The number of hydrogen-bond donors (Lipinski definition) is 1. The zero-order valence-corrected chi connectivity index (χ0v) is 16.8. The molecule has 0 aliphatic heterocycles. The maximum absolute atomic E-state index is 11.8. The first-order valence-corrected chi connectivity index (χ1v) is 9.12. The highest BCUT2D eigenvalue weighted by Crippen LogP contribution is 2.34. The van der Waals surface area contributed by atoms with E-state index in [-0.39, 0.29) is 19.1 Å². The lowest BCUT2D eigenvalue weighted by molar-refractivity contribution is -0.150. The number of nitrogens with one attached hydrogen (secondary N) is 1. The minimum absolute atomic E-state index is 0.319. The lowest BCUT2D eigenvalue weighted by Crippen LogP contribution is -2.32. The van der Waals surface area contributed by atoms with E-state index in [1.165, 1.54) is 0 Å². The summed E-state index contributed by atoms with van der Waals surface area (Å²) in [4.78, 5) is 27.6. The number of amides is 1. The van der Waals surface area contributed by atoms with Crippen LogP contribution in [0.1, 0.15) is 13.8 Å². The Morgan fingerprint density at radius 1 is 1.36 bits per heavy atom. The van der Waals surface area contributed by atoms with Gasteiger partial charge in [0.25, 0.3) is 5.91 Å². The molecule has 1 N–H and O–H groups in total. The van der Waals surface area contributed by atoms with E-state index in [9.17, 15) is 9.59 Å². The summed E-state index contributed by atoms with van der Waals surface area (Å²) in [7, 11) is 0. The van der Waals surface area contributed by atoms with Crippen LogP contribution in [0, 0.1) is 9.49 Å². The van der Waals surface area contributed by atoms with Crippen molar-refractivity contribution in [3.63, 3.8) is 0 Å². The van der Waals surface area contributed by atoms with Crippen LogP contribution in [0.3, 0.4) is 0 Å². The van der Waals surface area contributed by atoms with E-state index in [2.05, 4.69) is 32.9 Å². The second kappa shape index (κ2) is 9.19. The molecule has 0 unspecified atom stereocenters. The van der Waals surface area contributed by atoms with E-state index in [0.717, 1.165) is 8.96 Å². The molecule has 0 radical (unpaired) electrons. The number of nitrogens with zero attached hydrogens (tertiary/aromatic N) is 1. The van der Waals surface area contributed by atoms with Crippen molar-refractivity contribution in [3.05, 3.63) is 33.0 Å². The highest BCUT2D eigenvalue weighted by atomic mass is 127. The Hall–Kier alpha value is -1.61. The molecule has 25 heavy (non-hydrogen) atoms. The van der Waals surface area contributed by atoms with Gasteiger partial charge in [-0.05, 0) is 46.7 Å². The Morgan fingerprint density at radius 3 is 2.84 bits per heavy atom. The minimum atomic E-state index is -0.630. The molecular formula is C17H18ClIN2O4. The first kappa shape index (κ1) is 19.7. The number of hydrogen-bond acceptors (Lipinski definition) is 5.